The molecular formula is C23H27FN4O2S. The van der Waals surface area contributed by atoms with Crippen LogP contribution in [0.4, 0.5) is 15.9 Å². The Morgan fingerprint density at radius 3 is 2.68 bits per heavy atom. The first-order chi connectivity index (χ1) is 14.8. The Hall–Kier alpha value is -2.39. The van der Waals surface area contributed by atoms with Crippen molar-refractivity contribution >= 4 is 33.0 Å². The summed E-state index contributed by atoms with van der Waals surface area (Å²) in [5.41, 5.74) is 9.72. The van der Waals surface area contributed by atoms with Crippen LogP contribution in [0.5, 0.6) is 0 Å². The molecule has 1 saturated heterocycles. The summed E-state index contributed by atoms with van der Waals surface area (Å²) in [6.07, 6.45) is -1.06. The van der Waals surface area contributed by atoms with Crippen LogP contribution in [-0.2, 0) is 6.54 Å². The molecular weight excluding hydrogens is 415 g/mol. The molecule has 0 spiro atoms. The van der Waals surface area contributed by atoms with Crippen molar-refractivity contribution in [3.63, 3.8) is 0 Å². The number of anilines is 2. The first kappa shape index (κ1) is 20.5. The summed E-state index contributed by atoms with van der Waals surface area (Å²) in [6, 6.07) is 15.0. The number of aryl methyl sites for hydroxylation is 1. The summed E-state index contributed by atoms with van der Waals surface area (Å²) in [5.74, 6) is 0.989. The van der Waals surface area contributed by atoms with Crippen LogP contribution in [0.25, 0.3) is 10.9 Å². The van der Waals surface area contributed by atoms with E-state index in [1.807, 2.05) is 48.2 Å². The molecule has 8 heteroatoms. The number of halogens is 1. The number of aromatic nitrogens is 1. The Kier molecular flexibility index (Phi) is 5.05. The summed E-state index contributed by atoms with van der Waals surface area (Å²) in [7, 11) is -2.85. The average Bonchev–Trinajstić information content (AvgIpc) is 3.01. The van der Waals surface area contributed by atoms with E-state index in [9.17, 15) is 13.5 Å². The first-order valence-electron chi connectivity index (χ1n) is 10.5. The maximum atomic E-state index is 14.2. The molecule has 0 saturated carbocycles. The molecule has 2 aliphatic heterocycles. The Labute approximate surface area is 182 Å². The summed E-state index contributed by atoms with van der Waals surface area (Å²) in [5, 5.41) is 0.976. The smallest absolute Gasteiger partial charge is 0.134 e. The summed E-state index contributed by atoms with van der Waals surface area (Å²) in [6.45, 7) is 3.74. The lowest BCUT2D eigenvalue weighted by Crippen LogP contribution is -2.30. The van der Waals surface area contributed by atoms with E-state index in [1.165, 1.54) is 0 Å². The number of nitrogens with two attached hydrogens (primary N) is 1. The Balaban J connectivity index is 1.60. The summed E-state index contributed by atoms with van der Waals surface area (Å²) >= 11 is 0. The minimum absolute atomic E-state index is 0.244. The third-order valence-corrected chi connectivity index (χ3v) is 8.07. The molecule has 2 atom stereocenters. The first-order valence-corrected chi connectivity index (χ1v) is 12.2. The second kappa shape index (κ2) is 7.63. The lowest BCUT2D eigenvalue weighted by molar-refractivity contribution is 0.333. The quantitative estimate of drug-likeness (QED) is 0.553. The second-order valence-corrected chi connectivity index (χ2v) is 10.7. The van der Waals surface area contributed by atoms with Gasteiger partial charge in [-0.1, -0.05) is 29.8 Å². The van der Waals surface area contributed by atoms with Gasteiger partial charge >= 0.3 is 0 Å². The Morgan fingerprint density at radius 2 is 1.90 bits per heavy atom. The minimum Gasteiger partial charge on any atom is -0.366 e. The molecule has 6 nitrogen and oxygen atoms in total. The van der Waals surface area contributed by atoms with Crippen molar-refractivity contribution in [1.29, 1.82) is 0 Å². The van der Waals surface area contributed by atoms with Gasteiger partial charge in [-0.3, -0.25) is 9.11 Å². The van der Waals surface area contributed by atoms with E-state index in [0.29, 0.717) is 24.5 Å². The van der Waals surface area contributed by atoms with Crippen molar-refractivity contribution in [2.45, 2.75) is 30.6 Å². The van der Waals surface area contributed by atoms with Crippen LogP contribution in [0.1, 0.15) is 11.1 Å². The monoisotopic (exact) mass is 442 g/mol. The van der Waals surface area contributed by atoms with E-state index in [0.717, 1.165) is 33.5 Å². The van der Waals surface area contributed by atoms with E-state index in [-0.39, 0.29) is 12.3 Å². The van der Waals surface area contributed by atoms with Crippen LogP contribution in [-0.4, -0.2) is 51.7 Å². The molecule has 0 amide bonds. The number of fused-ring (bicyclic) bond motifs is 2. The highest BCUT2D eigenvalue weighted by Crippen LogP contribution is 2.51. The van der Waals surface area contributed by atoms with Crippen LogP contribution >= 0.6 is 10.6 Å². The maximum absolute atomic E-state index is 14.2. The van der Waals surface area contributed by atoms with Crippen molar-refractivity contribution in [3.05, 3.63) is 59.7 Å². The second-order valence-electron chi connectivity index (χ2n) is 8.51. The number of hydrogen-bond acceptors (Lipinski definition) is 6. The standard InChI is InChI=1S/C23H27FN4O2S/c1-15-6-7-20-17(10-15)21(28-13-18(24)19(25)14-28)11-23(26-20)27-8-9-31(29,30)22-5-3-2-4-16(22)12-27/h2-7,10-11,18-19,29-30H,8-9,12-14,25H2,1H3. The highest BCUT2D eigenvalue weighted by Gasteiger charge is 2.32. The molecule has 0 aliphatic carbocycles. The Morgan fingerprint density at radius 1 is 1.10 bits per heavy atom. The molecule has 164 valence electrons. The van der Waals surface area contributed by atoms with Crippen LogP contribution < -0.4 is 15.5 Å². The van der Waals surface area contributed by atoms with Crippen LogP contribution in [0.15, 0.2) is 53.4 Å². The van der Waals surface area contributed by atoms with Crippen LogP contribution in [0.2, 0.25) is 0 Å². The van der Waals surface area contributed by atoms with Gasteiger partial charge in [0.05, 0.1) is 28.8 Å². The molecule has 4 N–H and O–H groups in total. The normalized spacial score (nSPS) is 24.2. The third-order valence-electron chi connectivity index (χ3n) is 6.22. The molecule has 2 unspecified atom stereocenters. The van der Waals surface area contributed by atoms with E-state index < -0.39 is 22.8 Å². The lowest BCUT2D eigenvalue weighted by Gasteiger charge is -2.32. The zero-order valence-corrected chi connectivity index (χ0v) is 18.2. The Bertz CT molecular complexity index is 1130. The third kappa shape index (κ3) is 3.74. The number of nitrogens with zero attached hydrogens (tertiary/aromatic N) is 3. The average molecular weight is 443 g/mol. The molecule has 3 heterocycles. The van der Waals surface area contributed by atoms with Crippen molar-refractivity contribution in [3.8, 4) is 0 Å². The van der Waals surface area contributed by atoms with E-state index in [1.54, 1.807) is 6.07 Å². The van der Waals surface area contributed by atoms with Crippen molar-refractivity contribution in [2.24, 2.45) is 5.73 Å². The number of alkyl halides is 1. The highest BCUT2D eigenvalue weighted by atomic mass is 32.3. The minimum atomic E-state index is -2.85. The molecule has 0 bridgehead atoms. The van der Waals surface area contributed by atoms with E-state index in [4.69, 9.17) is 10.7 Å². The van der Waals surface area contributed by atoms with Gasteiger partial charge in [0.15, 0.2) is 0 Å². The van der Waals surface area contributed by atoms with Gasteiger partial charge in [0.25, 0.3) is 0 Å². The molecule has 2 aromatic carbocycles. The molecule has 1 aromatic heterocycles. The van der Waals surface area contributed by atoms with Gasteiger partial charge in [0.1, 0.15) is 12.0 Å². The number of rotatable bonds is 2. The van der Waals surface area contributed by atoms with Crippen LogP contribution in [0.3, 0.4) is 0 Å². The molecule has 0 radical (unpaired) electrons. The van der Waals surface area contributed by atoms with Gasteiger partial charge in [-0.2, -0.15) is 10.6 Å². The maximum Gasteiger partial charge on any atom is 0.134 e. The fraction of sp³-hybridized carbons (Fsp3) is 0.348. The highest BCUT2D eigenvalue weighted by molar-refractivity contribution is 8.24. The predicted molar refractivity (Wildman–Crippen MR) is 125 cm³/mol. The van der Waals surface area contributed by atoms with Gasteiger partial charge in [-0.15, -0.1) is 0 Å². The molecule has 31 heavy (non-hydrogen) atoms. The van der Waals surface area contributed by atoms with Crippen molar-refractivity contribution in [2.75, 3.05) is 35.2 Å². The topological polar surface area (TPSA) is 85.9 Å². The number of pyridine rings is 1. The van der Waals surface area contributed by atoms with E-state index >= 15 is 0 Å². The fourth-order valence-corrected chi connectivity index (χ4v) is 6.04. The number of benzene rings is 2. The molecule has 2 aliphatic rings. The largest absolute Gasteiger partial charge is 0.366 e. The molecule has 1 fully saturated rings. The lowest BCUT2D eigenvalue weighted by atomic mass is 10.1. The number of hydrogen-bond donors (Lipinski definition) is 3. The van der Waals surface area contributed by atoms with Crippen molar-refractivity contribution in [1.82, 2.24) is 4.98 Å². The van der Waals surface area contributed by atoms with Gasteiger partial charge in [-0.25, -0.2) is 9.37 Å². The molecule has 3 aromatic rings. The van der Waals surface area contributed by atoms with Crippen molar-refractivity contribution < 1.29 is 13.5 Å². The summed E-state index contributed by atoms with van der Waals surface area (Å²) < 4.78 is 35.6. The van der Waals surface area contributed by atoms with E-state index in [2.05, 4.69) is 11.0 Å². The van der Waals surface area contributed by atoms with Gasteiger partial charge in [0, 0.05) is 36.8 Å². The molecule has 5 rings (SSSR count). The summed E-state index contributed by atoms with van der Waals surface area (Å²) in [4.78, 5) is 9.58. The van der Waals surface area contributed by atoms with Gasteiger partial charge in [-0.05, 0) is 30.7 Å². The van der Waals surface area contributed by atoms with Gasteiger partial charge in [0.2, 0.25) is 0 Å². The zero-order valence-electron chi connectivity index (χ0n) is 17.4. The van der Waals surface area contributed by atoms with Gasteiger partial charge < -0.3 is 15.5 Å². The SMILES string of the molecule is Cc1ccc2nc(N3CCS(O)(O)c4ccccc4C3)cc(N3CC(N)C(F)C3)c2c1. The van der Waals surface area contributed by atoms with Crippen LogP contribution in [0, 0.1) is 6.92 Å². The fourth-order valence-electron chi connectivity index (χ4n) is 4.50. The predicted octanol–water partition coefficient (Wildman–Crippen LogP) is 4.16. The zero-order chi connectivity index (χ0) is 21.8.